The summed E-state index contributed by atoms with van der Waals surface area (Å²) in [4.78, 5) is 38.7. The summed E-state index contributed by atoms with van der Waals surface area (Å²) in [5.74, 6) is -0.0341. The van der Waals surface area contributed by atoms with E-state index in [2.05, 4.69) is 26.0 Å². The maximum absolute atomic E-state index is 13.9. The molecule has 0 radical (unpaired) electrons. The fourth-order valence-corrected chi connectivity index (χ4v) is 5.31. The zero-order valence-corrected chi connectivity index (χ0v) is 24.2. The minimum atomic E-state index is -4.16. The zero-order chi connectivity index (χ0) is 27.9. The van der Waals surface area contributed by atoms with Crippen molar-refractivity contribution < 1.29 is 32.6 Å². The number of nitrogens with zero attached hydrogens (tertiary/aromatic N) is 1. The molecule has 2 heterocycles. The van der Waals surface area contributed by atoms with Crippen LogP contribution in [0.1, 0.15) is 45.4 Å². The number of nitrogens with one attached hydrogen (secondary N) is 2. The molecule has 12 nitrogen and oxygen atoms in total. The highest BCUT2D eigenvalue weighted by atomic mass is 79.9. The standard InChI is InChI=1S/C24H33BrN3O9P/c1-5-33-23(30)19(11-6-15(2)3)27-38(32,37-18-9-7-17(25)8-10-18)35-14-21-34-13-20(36-21)28-12-16(4)22(29)26-24(28)31/h7-10,12,15,19-21H,5-6,11,13-14H2,1-4H3,(H,27,32)(H,26,29,31)/t19-,20+,21+,38?/m0/s1. The Kier molecular flexibility index (Phi) is 10.9. The summed E-state index contributed by atoms with van der Waals surface area (Å²) < 4.78 is 43.8. The summed E-state index contributed by atoms with van der Waals surface area (Å²) in [5, 5.41) is 2.74. The van der Waals surface area contributed by atoms with E-state index in [4.69, 9.17) is 23.3 Å². The lowest BCUT2D eigenvalue weighted by Gasteiger charge is -2.25. The van der Waals surface area contributed by atoms with Crippen LogP contribution >= 0.6 is 23.7 Å². The van der Waals surface area contributed by atoms with Gasteiger partial charge in [-0.25, -0.2) is 9.36 Å². The second kappa shape index (κ2) is 13.7. The Morgan fingerprint density at radius 3 is 2.63 bits per heavy atom. The third-order valence-corrected chi connectivity index (χ3v) is 7.62. The number of esters is 1. The molecule has 0 bridgehead atoms. The Balaban J connectivity index is 1.76. The van der Waals surface area contributed by atoms with Gasteiger partial charge in [-0.3, -0.25) is 23.7 Å². The molecule has 14 heteroatoms. The van der Waals surface area contributed by atoms with Crippen LogP contribution < -0.4 is 20.9 Å². The molecule has 1 saturated heterocycles. The molecular formula is C24H33BrN3O9P. The van der Waals surface area contributed by atoms with Crippen molar-refractivity contribution in [1.82, 2.24) is 14.6 Å². The maximum Gasteiger partial charge on any atom is 0.459 e. The second-order valence-electron chi connectivity index (χ2n) is 9.08. The molecule has 210 valence electrons. The summed E-state index contributed by atoms with van der Waals surface area (Å²) >= 11 is 3.34. The Hall–Kier alpha value is -2.28. The molecule has 0 saturated carbocycles. The molecule has 0 aliphatic carbocycles. The van der Waals surface area contributed by atoms with Crippen molar-refractivity contribution in [2.75, 3.05) is 19.8 Å². The number of halogens is 1. The van der Waals surface area contributed by atoms with Crippen molar-refractivity contribution in [2.45, 2.75) is 59.1 Å². The highest BCUT2D eigenvalue weighted by Gasteiger charge is 2.37. The molecule has 1 fully saturated rings. The van der Waals surface area contributed by atoms with Gasteiger partial charge in [-0.05, 0) is 56.9 Å². The minimum Gasteiger partial charge on any atom is -0.465 e. The summed E-state index contributed by atoms with van der Waals surface area (Å²) in [7, 11) is -4.16. The lowest BCUT2D eigenvalue weighted by molar-refractivity contribution is -0.145. The van der Waals surface area contributed by atoms with E-state index in [9.17, 15) is 18.9 Å². The van der Waals surface area contributed by atoms with Gasteiger partial charge < -0.3 is 18.7 Å². The van der Waals surface area contributed by atoms with Gasteiger partial charge in [0.25, 0.3) is 5.56 Å². The van der Waals surface area contributed by atoms with Crippen LogP contribution in [-0.2, 0) is 28.1 Å². The number of H-pyrrole nitrogens is 1. The fourth-order valence-electron chi connectivity index (χ4n) is 3.53. The molecule has 1 aromatic carbocycles. The average Bonchev–Trinajstić information content (AvgIpc) is 3.33. The number of rotatable bonds is 13. The van der Waals surface area contributed by atoms with Crippen molar-refractivity contribution in [3.63, 3.8) is 0 Å². The maximum atomic E-state index is 13.9. The van der Waals surface area contributed by atoms with E-state index < -0.39 is 43.5 Å². The lowest BCUT2D eigenvalue weighted by Crippen LogP contribution is -2.38. The van der Waals surface area contributed by atoms with Gasteiger partial charge in [-0.1, -0.05) is 29.8 Å². The third kappa shape index (κ3) is 8.62. The molecule has 1 aliphatic heterocycles. The predicted octanol–water partition coefficient (Wildman–Crippen LogP) is 3.64. The number of carbonyl (C=O) groups excluding carboxylic acids is 1. The van der Waals surface area contributed by atoms with Gasteiger partial charge in [0.05, 0.1) is 13.2 Å². The van der Waals surface area contributed by atoms with Crippen molar-refractivity contribution >= 4 is 29.6 Å². The molecule has 2 N–H and O–H groups in total. The summed E-state index contributed by atoms with van der Waals surface area (Å²) in [5.41, 5.74) is -0.809. The summed E-state index contributed by atoms with van der Waals surface area (Å²) in [6.07, 6.45) is 0.559. The van der Waals surface area contributed by atoms with Crippen molar-refractivity contribution in [2.24, 2.45) is 5.92 Å². The average molecular weight is 618 g/mol. The number of carbonyl (C=O) groups is 1. The van der Waals surface area contributed by atoms with Gasteiger partial charge >= 0.3 is 19.4 Å². The monoisotopic (exact) mass is 617 g/mol. The topological polar surface area (TPSA) is 147 Å². The number of benzene rings is 1. The lowest BCUT2D eigenvalue weighted by atomic mass is 10.0. The normalized spacial score (nSPS) is 19.7. The quantitative estimate of drug-likeness (QED) is 0.252. The summed E-state index contributed by atoms with van der Waals surface area (Å²) in [6.45, 7) is 7.08. The van der Waals surface area contributed by atoms with Crippen LogP contribution in [0.15, 0.2) is 44.5 Å². The Labute approximate surface area is 228 Å². The first-order valence-corrected chi connectivity index (χ1v) is 14.6. The number of aryl methyl sites for hydroxylation is 1. The highest BCUT2D eigenvalue weighted by molar-refractivity contribution is 9.10. The number of ether oxygens (including phenoxy) is 3. The molecular weight excluding hydrogens is 585 g/mol. The Morgan fingerprint density at radius 1 is 1.26 bits per heavy atom. The molecule has 4 atom stereocenters. The Bertz CT molecular complexity index is 1250. The predicted molar refractivity (Wildman–Crippen MR) is 142 cm³/mol. The number of hydrogen-bond acceptors (Lipinski definition) is 9. The summed E-state index contributed by atoms with van der Waals surface area (Å²) in [6, 6.07) is 5.66. The molecule has 1 aromatic heterocycles. The van der Waals surface area contributed by atoms with Crippen molar-refractivity contribution in [3.05, 3.63) is 61.3 Å². The number of aromatic amines is 1. The van der Waals surface area contributed by atoms with E-state index in [1.807, 2.05) is 13.8 Å². The van der Waals surface area contributed by atoms with Crippen LogP contribution in [0.2, 0.25) is 0 Å². The number of hydrogen-bond donors (Lipinski definition) is 2. The fraction of sp³-hybridized carbons (Fsp3) is 0.542. The van der Waals surface area contributed by atoms with E-state index in [1.54, 1.807) is 38.1 Å². The van der Waals surface area contributed by atoms with Crippen LogP contribution in [0.4, 0.5) is 0 Å². The van der Waals surface area contributed by atoms with Gasteiger partial charge in [-0.15, -0.1) is 0 Å². The second-order valence-corrected chi connectivity index (χ2v) is 11.7. The van der Waals surface area contributed by atoms with Crippen LogP contribution in [0.5, 0.6) is 5.75 Å². The van der Waals surface area contributed by atoms with Gasteiger partial charge in [0, 0.05) is 16.2 Å². The first-order valence-electron chi connectivity index (χ1n) is 12.2. The molecule has 1 unspecified atom stereocenters. The van der Waals surface area contributed by atoms with E-state index in [-0.39, 0.29) is 25.6 Å². The smallest absolute Gasteiger partial charge is 0.459 e. The van der Waals surface area contributed by atoms with Crippen molar-refractivity contribution in [3.8, 4) is 5.75 Å². The minimum absolute atomic E-state index is 0.00937. The molecule has 0 amide bonds. The van der Waals surface area contributed by atoms with E-state index in [1.165, 1.54) is 10.8 Å². The van der Waals surface area contributed by atoms with E-state index in [0.29, 0.717) is 24.3 Å². The molecule has 3 rings (SSSR count). The van der Waals surface area contributed by atoms with Crippen LogP contribution in [0.25, 0.3) is 0 Å². The molecule has 2 aromatic rings. The van der Waals surface area contributed by atoms with Crippen molar-refractivity contribution in [1.29, 1.82) is 0 Å². The molecule has 0 spiro atoms. The van der Waals surface area contributed by atoms with Gasteiger partial charge in [-0.2, -0.15) is 5.09 Å². The Morgan fingerprint density at radius 2 is 1.97 bits per heavy atom. The zero-order valence-electron chi connectivity index (χ0n) is 21.7. The molecule has 38 heavy (non-hydrogen) atoms. The number of aromatic nitrogens is 2. The van der Waals surface area contributed by atoms with Gasteiger partial charge in [0.15, 0.2) is 12.5 Å². The SMILES string of the molecule is CCOC(=O)[C@H](CCC(C)C)NP(=O)(OC[C@@H]1OC[C@H](n2cc(C)c(=O)[nH]c2=O)O1)Oc1ccc(Br)cc1. The van der Waals surface area contributed by atoms with Gasteiger partial charge in [0.1, 0.15) is 18.4 Å². The largest absolute Gasteiger partial charge is 0.465 e. The highest BCUT2D eigenvalue weighted by Crippen LogP contribution is 2.46. The van der Waals surface area contributed by atoms with Crippen LogP contribution in [0.3, 0.4) is 0 Å². The van der Waals surface area contributed by atoms with E-state index >= 15 is 0 Å². The first-order chi connectivity index (χ1) is 18.0. The van der Waals surface area contributed by atoms with Gasteiger partial charge in [0.2, 0.25) is 0 Å². The first kappa shape index (κ1) is 30.3. The van der Waals surface area contributed by atoms with Crippen LogP contribution in [0, 0.1) is 12.8 Å². The van der Waals surface area contributed by atoms with E-state index in [0.717, 1.165) is 4.47 Å². The van der Waals surface area contributed by atoms with Crippen LogP contribution in [-0.4, -0.2) is 47.7 Å². The molecule has 1 aliphatic rings. The third-order valence-electron chi connectivity index (χ3n) is 5.53.